The normalized spacial score (nSPS) is 11.0. The maximum atomic E-state index is 5.10. The highest BCUT2D eigenvalue weighted by atomic mass is 14.9. The van der Waals surface area contributed by atoms with Gasteiger partial charge in [-0.05, 0) is 70.3 Å². The van der Waals surface area contributed by atoms with Crippen LogP contribution >= 0.6 is 0 Å². The number of benzene rings is 4. The summed E-state index contributed by atoms with van der Waals surface area (Å²) < 4.78 is 0. The predicted octanol–water partition coefficient (Wildman–Crippen LogP) is 9.82. The van der Waals surface area contributed by atoms with E-state index in [4.69, 9.17) is 9.97 Å². The van der Waals surface area contributed by atoms with Crippen molar-refractivity contribution in [3.05, 3.63) is 164 Å². The molecule has 5 nitrogen and oxygen atoms in total. The Morgan fingerprint density at radius 1 is 0.370 bits per heavy atom. The van der Waals surface area contributed by atoms with Crippen LogP contribution in [0, 0.1) is 0 Å². The van der Waals surface area contributed by atoms with Gasteiger partial charge in [-0.15, -0.1) is 0 Å². The van der Waals surface area contributed by atoms with Crippen LogP contribution in [0.25, 0.3) is 78.2 Å². The molecule has 0 N–H and O–H groups in total. The smallest absolute Gasteiger partial charge is 0.161 e. The fraction of sp³-hybridized carbons (Fsp3) is 0. The lowest BCUT2D eigenvalue weighted by Gasteiger charge is -2.12. The number of hydrogen-bond donors (Lipinski definition) is 0. The number of nitrogens with zero attached hydrogens (tertiary/aromatic N) is 5. The van der Waals surface area contributed by atoms with E-state index in [9.17, 15) is 0 Å². The minimum absolute atomic E-state index is 0.622. The molecule has 0 radical (unpaired) electrons. The lowest BCUT2D eigenvalue weighted by molar-refractivity contribution is 1.17. The fourth-order valence-corrected chi connectivity index (χ4v) is 5.80. The standard InChI is InChI=1S/C41H27N5/c1-2-7-28(8-3-1)34-24-35(27-43-26-34)41-45-39(25-40(46-41)33-10-4-9-32(23-33)29-18-21-42-22-19-29)31-16-14-30(15-17-31)36-11-5-13-38-37(36)12-6-20-44-38/h1-27H. The van der Waals surface area contributed by atoms with Gasteiger partial charge in [0.05, 0.1) is 16.9 Å². The summed E-state index contributed by atoms with van der Waals surface area (Å²) in [6.07, 6.45) is 9.17. The lowest BCUT2D eigenvalue weighted by atomic mass is 9.98. The summed E-state index contributed by atoms with van der Waals surface area (Å²) in [5, 5.41) is 1.13. The van der Waals surface area contributed by atoms with Gasteiger partial charge < -0.3 is 0 Å². The van der Waals surface area contributed by atoms with Crippen LogP contribution in [0.5, 0.6) is 0 Å². The van der Waals surface area contributed by atoms with Crippen molar-refractivity contribution in [1.29, 1.82) is 0 Å². The fourth-order valence-electron chi connectivity index (χ4n) is 5.80. The van der Waals surface area contributed by atoms with E-state index < -0.39 is 0 Å². The van der Waals surface area contributed by atoms with E-state index in [2.05, 4.69) is 106 Å². The topological polar surface area (TPSA) is 64.5 Å². The Morgan fingerprint density at radius 2 is 1.04 bits per heavy atom. The van der Waals surface area contributed by atoms with Crippen LogP contribution in [0.1, 0.15) is 0 Å². The van der Waals surface area contributed by atoms with Crippen molar-refractivity contribution in [2.75, 3.05) is 0 Å². The summed E-state index contributed by atoms with van der Waals surface area (Å²) in [6, 6.07) is 45.8. The largest absolute Gasteiger partial charge is 0.265 e. The average molecular weight is 590 g/mol. The molecule has 5 heteroatoms. The minimum atomic E-state index is 0.622. The van der Waals surface area contributed by atoms with Crippen molar-refractivity contribution in [3.8, 4) is 67.3 Å². The van der Waals surface area contributed by atoms with Crippen molar-refractivity contribution < 1.29 is 0 Å². The zero-order valence-electron chi connectivity index (χ0n) is 24.8. The van der Waals surface area contributed by atoms with E-state index in [1.54, 1.807) is 0 Å². The predicted molar refractivity (Wildman–Crippen MR) is 186 cm³/mol. The monoisotopic (exact) mass is 589 g/mol. The first-order valence-corrected chi connectivity index (χ1v) is 15.1. The molecule has 0 aliphatic carbocycles. The summed E-state index contributed by atoms with van der Waals surface area (Å²) in [6.45, 7) is 0. The molecule has 0 spiro atoms. The molecule has 4 heterocycles. The third-order valence-corrected chi connectivity index (χ3v) is 8.14. The molecule has 8 aromatic rings. The second-order valence-corrected chi connectivity index (χ2v) is 11.1. The highest BCUT2D eigenvalue weighted by Crippen LogP contribution is 2.33. The van der Waals surface area contributed by atoms with Gasteiger partial charge in [-0.2, -0.15) is 0 Å². The highest BCUT2D eigenvalue weighted by Gasteiger charge is 2.14. The van der Waals surface area contributed by atoms with Gasteiger partial charge in [-0.1, -0.05) is 91.0 Å². The molecule has 0 saturated carbocycles. The molecule has 216 valence electrons. The molecule has 0 aliphatic heterocycles. The number of rotatable bonds is 6. The Bertz CT molecular complexity index is 2190. The first-order chi connectivity index (χ1) is 22.8. The van der Waals surface area contributed by atoms with Crippen LogP contribution in [-0.4, -0.2) is 24.9 Å². The zero-order valence-corrected chi connectivity index (χ0v) is 24.8. The van der Waals surface area contributed by atoms with Crippen molar-refractivity contribution in [2.24, 2.45) is 0 Å². The molecule has 0 saturated heterocycles. The average Bonchev–Trinajstić information content (AvgIpc) is 3.15. The van der Waals surface area contributed by atoms with Crippen LogP contribution < -0.4 is 0 Å². The van der Waals surface area contributed by atoms with Crippen LogP contribution in [0.2, 0.25) is 0 Å². The maximum Gasteiger partial charge on any atom is 0.161 e. The summed E-state index contributed by atoms with van der Waals surface area (Å²) in [7, 11) is 0. The van der Waals surface area contributed by atoms with Crippen LogP contribution in [0.3, 0.4) is 0 Å². The lowest BCUT2D eigenvalue weighted by Crippen LogP contribution is -1.97. The Hall–Kier alpha value is -6.33. The first kappa shape index (κ1) is 27.2. The van der Waals surface area contributed by atoms with E-state index in [0.717, 1.165) is 72.4 Å². The third kappa shape index (κ3) is 5.42. The van der Waals surface area contributed by atoms with Crippen molar-refractivity contribution in [1.82, 2.24) is 24.9 Å². The van der Waals surface area contributed by atoms with E-state index in [1.165, 1.54) is 0 Å². The molecule has 0 fully saturated rings. The Kier molecular flexibility index (Phi) is 7.09. The molecular weight excluding hydrogens is 562 g/mol. The van der Waals surface area contributed by atoms with Gasteiger partial charge >= 0.3 is 0 Å². The summed E-state index contributed by atoms with van der Waals surface area (Å²) in [4.78, 5) is 23.5. The van der Waals surface area contributed by atoms with E-state index >= 15 is 0 Å². The van der Waals surface area contributed by atoms with Crippen molar-refractivity contribution >= 4 is 10.9 Å². The molecule has 4 aromatic heterocycles. The van der Waals surface area contributed by atoms with Crippen molar-refractivity contribution in [3.63, 3.8) is 0 Å². The number of pyridine rings is 3. The zero-order chi connectivity index (χ0) is 30.7. The molecule has 4 aromatic carbocycles. The van der Waals surface area contributed by atoms with Crippen LogP contribution in [0.4, 0.5) is 0 Å². The number of fused-ring (bicyclic) bond motifs is 1. The second kappa shape index (κ2) is 12.0. The summed E-state index contributed by atoms with van der Waals surface area (Å²) in [5.41, 5.74) is 12.1. The van der Waals surface area contributed by atoms with Gasteiger partial charge in [0.2, 0.25) is 0 Å². The number of hydrogen-bond acceptors (Lipinski definition) is 5. The molecular formula is C41H27N5. The molecule has 0 bridgehead atoms. The molecule has 0 aliphatic rings. The van der Waals surface area contributed by atoms with E-state index in [0.29, 0.717) is 5.82 Å². The summed E-state index contributed by atoms with van der Waals surface area (Å²) in [5.74, 6) is 0.622. The first-order valence-electron chi connectivity index (χ1n) is 15.1. The molecule has 0 amide bonds. The Morgan fingerprint density at radius 3 is 1.89 bits per heavy atom. The van der Waals surface area contributed by atoms with Gasteiger partial charge in [-0.3, -0.25) is 15.0 Å². The minimum Gasteiger partial charge on any atom is -0.265 e. The highest BCUT2D eigenvalue weighted by molar-refractivity contribution is 5.94. The van der Waals surface area contributed by atoms with Crippen LogP contribution in [-0.2, 0) is 0 Å². The molecule has 0 unspecified atom stereocenters. The van der Waals surface area contributed by atoms with Gasteiger partial charge in [0.1, 0.15) is 0 Å². The van der Waals surface area contributed by atoms with Gasteiger partial charge in [-0.25, -0.2) is 9.97 Å². The van der Waals surface area contributed by atoms with E-state index in [1.807, 2.05) is 73.4 Å². The maximum absolute atomic E-state index is 5.10. The van der Waals surface area contributed by atoms with Gasteiger partial charge in [0, 0.05) is 58.6 Å². The number of aromatic nitrogens is 5. The third-order valence-electron chi connectivity index (χ3n) is 8.14. The van der Waals surface area contributed by atoms with Crippen molar-refractivity contribution in [2.45, 2.75) is 0 Å². The Labute approximate surface area is 267 Å². The van der Waals surface area contributed by atoms with Gasteiger partial charge in [0.25, 0.3) is 0 Å². The Balaban J connectivity index is 1.25. The molecule has 0 atom stereocenters. The summed E-state index contributed by atoms with van der Waals surface area (Å²) >= 11 is 0. The quantitative estimate of drug-likeness (QED) is 0.193. The molecule has 46 heavy (non-hydrogen) atoms. The SMILES string of the molecule is c1ccc(-c2cncc(-c3nc(-c4ccc(-c5cccc6ncccc56)cc4)cc(-c4cccc(-c5ccncc5)c4)n3)c2)cc1. The second-order valence-electron chi connectivity index (χ2n) is 11.1. The van der Waals surface area contributed by atoms with Gasteiger partial charge in [0.15, 0.2) is 5.82 Å². The molecule has 8 rings (SSSR count). The van der Waals surface area contributed by atoms with Crippen LogP contribution in [0.15, 0.2) is 164 Å². The van der Waals surface area contributed by atoms with E-state index in [-0.39, 0.29) is 0 Å².